The Balaban J connectivity index is 4.11. The van der Waals surface area contributed by atoms with Crippen molar-refractivity contribution in [3.63, 3.8) is 0 Å². The van der Waals surface area contributed by atoms with Crippen LogP contribution in [0, 0.1) is 0 Å². The fourth-order valence-corrected chi connectivity index (χ4v) is 1.15. The van der Waals surface area contributed by atoms with Crippen LogP contribution in [0.4, 0.5) is 0 Å². The molecule has 0 bridgehead atoms. The molecule has 88 valence electrons. The number of amides is 1. The van der Waals surface area contributed by atoms with E-state index < -0.39 is 12.1 Å². The topological polar surface area (TPSA) is 69.6 Å². The summed E-state index contributed by atoms with van der Waals surface area (Å²) < 4.78 is 0. The lowest BCUT2D eigenvalue weighted by molar-refractivity contribution is -0.122. The summed E-state index contributed by atoms with van der Waals surface area (Å²) in [4.78, 5) is 11.2. The highest BCUT2D eigenvalue weighted by Gasteiger charge is 2.17. The Kier molecular flexibility index (Phi) is 7.95. The van der Waals surface area contributed by atoms with Crippen molar-refractivity contribution in [2.75, 3.05) is 6.61 Å². The van der Waals surface area contributed by atoms with Crippen molar-refractivity contribution in [1.82, 2.24) is 5.32 Å². The molecule has 0 aliphatic heterocycles. The Morgan fingerprint density at radius 2 is 2.13 bits per heavy atom. The van der Waals surface area contributed by atoms with Crippen molar-refractivity contribution in [2.24, 2.45) is 0 Å². The van der Waals surface area contributed by atoms with Crippen LogP contribution in [-0.4, -0.2) is 34.9 Å². The number of rotatable bonds is 7. The minimum atomic E-state index is -0.823. The first kappa shape index (κ1) is 14.1. The van der Waals surface area contributed by atoms with Gasteiger partial charge in [0.1, 0.15) is 0 Å². The zero-order valence-electron chi connectivity index (χ0n) is 9.44. The maximum absolute atomic E-state index is 11.2. The van der Waals surface area contributed by atoms with Gasteiger partial charge >= 0.3 is 0 Å². The maximum atomic E-state index is 11.2. The molecule has 0 saturated carbocycles. The molecule has 3 N–H and O–H groups in total. The first-order chi connectivity index (χ1) is 7.15. The van der Waals surface area contributed by atoms with Crippen LogP contribution in [0.2, 0.25) is 0 Å². The van der Waals surface area contributed by atoms with Crippen molar-refractivity contribution < 1.29 is 15.0 Å². The molecule has 0 radical (unpaired) electrons. The van der Waals surface area contributed by atoms with Crippen LogP contribution in [0.15, 0.2) is 12.2 Å². The van der Waals surface area contributed by atoms with Crippen LogP contribution in [0.5, 0.6) is 0 Å². The Labute approximate surface area is 91.0 Å². The summed E-state index contributed by atoms with van der Waals surface area (Å²) >= 11 is 0. The van der Waals surface area contributed by atoms with E-state index in [1.165, 1.54) is 0 Å². The first-order valence-electron chi connectivity index (χ1n) is 5.40. The lowest BCUT2D eigenvalue weighted by Crippen LogP contribution is -2.45. The van der Waals surface area contributed by atoms with Gasteiger partial charge in [-0.25, -0.2) is 0 Å². The normalized spacial score (nSPS) is 15.2. The third-order valence-electron chi connectivity index (χ3n) is 2.00. The highest BCUT2D eigenvalue weighted by molar-refractivity contribution is 5.76. The second-order valence-electron chi connectivity index (χ2n) is 3.43. The molecule has 2 atom stereocenters. The van der Waals surface area contributed by atoms with E-state index in [4.69, 9.17) is 5.11 Å². The zero-order chi connectivity index (χ0) is 11.7. The van der Waals surface area contributed by atoms with Crippen molar-refractivity contribution in [3.8, 4) is 0 Å². The van der Waals surface area contributed by atoms with Crippen molar-refractivity contribution in [2.45, 2.75) is 45.3 Å². The molecule has 0 aliphatic rings. The SMILES string of the molecule is CC/C=C/C(O)C(CO)NC(=O)CCC. The summed E-state index contributed by atoms with van der Waals surface area (Å²) in [5, 5.41) is 21.2. The van der Waals surface area contributed by atoms with Crippen LogP contribution in [-0.2, 0) is 4.79 Å². The molecule has 0 aromatic carbocycles. The monoisotopic (exact) mass is 215 g/mol. The number of allylic oxidation sites excluding steroid dienone is 1. The quantitative estimate of drug-likeness (QED) is 0.544. The predicted molar refractivity (Wildman–Crippen MR) is 59.4 cm³/mol. The van der Waals surface area contributed by atoms with E-state index in [9.17, 15) is 9.90 Å². The van der Waals surface area contributed by atoms with Crippen LogP contribution in [0.25, 0.3) is 0 Å². The third-order valence-corrected chi connectivity index (χ3v) is 2.00. The smallest absolute Gasteiger partial charge is 0.220 e. The average molecular weight is 215 g/mol. The largest absolute Gasteiger partial charge is 0.394 e. The number of aliphatic hydroxyl groups excluding tert-OH is 2. The highest BCUT2D eigenvalue weighted by atomic mass is 16.3. The second-order valence-corrected chi connectivity index (χ2v) is 3.43. The number of carbonyl (C=O) groups excluding carboxylic acids is 1. The molecule has 0 aliphatic carbocycles. The molecule has 15 heavy (non-hydrogen) atoms. The molecule has 0 saturated heterocycles. The van der Waals surface area contributed by atoms with E-state index in [-0.39, 0.29) is 12.5 Å². The number of hydrogen-bond acceptors (Lipinski definition) is 3. The number of carbonyl (C=O) groups is 1. The zero-order valence-corrected chi connectivity index (χ0v) is 9.44. The summed E-state index contributed by atoms with van der Waals surface area (Å²) in [6, 6.07) is -0.605. The van der Waals surface area contributed by atoms with Gasteiger partial charge in [-0.05, 0) is 12.8 Å². The first-order valence-corrected chi connectivity index (χ1v) is 5.40. The molecule has 2 unspecified atom stereocenters. The van der Waals surface area contributed by atoms with E-state index in [0.29, 0.717) is 6.42 Å². The van der Waals surface area contributed by atoms with E-state index in [0.717, 1.165) is 12.8 Å². The molecular formula is C11H21NO3. The molecule has 0 rings (SSSR count). The Hall–Kier alpha value is -0.870. The van der Waals surface area contributed by atoms with Crippen LogP contribution >= 0.6 is 0 Å². The summed E-state index contributed by atoms with van der Waals surface area (Å²) in [5.74, 6) is -0.138. The van der Waals surface area contributed by atoms with Gasteiger partial charge in [0.2, 0.25) is 5.91 Å². The molecule has 0 fully saturated rings. The second kappa shape index (κ2) is 8.44. The number of nitrogens with one attached hydrogen (secondary N) is 1. The Morgan fingerprint density at radius 3 is 2.60 bits per heavy atom. The summed E-state index contributed by atoms with van der Waals surface area (Å²) in [6.45, 7) is 3.60. The van der Waals surface area contributed by atoms with Gasteiger partial charge in [-0.1, -0.05) is 26.0 Å². The standard InChI is InChI=1S/C11H21NO3/c1-3-5-7-10(14)9(8-13)12-11(15)6-4-2/h5,7,9-10,13-14H,3-4,6,8H2,1-2H3,(H,12,15)/b7-5+. The van der Waals surface area contributed by atoms with Gasteiger partial charge in [-0.3, -0.25) is 4.79 Å². The molecule has 0 aromatic heterocycles. The molecule has 0 heterocycles. The molecule has 4 nitrogen and oxygen atoms in total. The van der Waals surface area contributed by atoms with Crippen molar-refractivity contribution in [3.05, 3.63) is 12.2 Å². The third kappa shape index (κ3) is 6.25. The molecule has 1 amide bonds. The van der Waals surface area contributed by atoms with E-state index in [2.05, 4.69) is 5.32 Å². The average Bonchev–Trinajstić information content (AvgIpc) is 2.22. The van der Waals surface area contributed by atoms with Gasteiger partial charge in [0, 0.05) is 6.42 Å². The summed E-state index contributed by atoms with van der Waals surface area (Å²) in [6.07, 6.45) is 4.56. The van der Waals surface area contributed by atoms with E-state index in [1.54, 1.807) is 12.2 Å². The number of hydrogen-bond donors (Lipinski definition) is 3. The minimum absolute atomic E-state index is 0.138. The summed E-state index contributed by atoms with van der Waals surface area (Å²) in [5.41, 5.74) is 0. The Bertz CT molecular complexity index is 204. The van der Waals surface area contributed by atoms with Crippen molar-refractivity contribution >= 4 is 5.91 Å². The molecular weight excluding hydrogens is 194 g/mol. The van der Waals surface area contributed by atoms with Crippen LogP contribution in [0.3, 0.4) is 0 Å². The molecule has 0 spiro atoms. The van der Waals surface area contributed by atoms with Gasteiger partial charge in [0.05, 0.1) is 18.8 Å². The minimum Gasteiger partial charge on any atom is -0.394 e. The van der Waals surface area contributed by atoms with Gasteiger partial charge in [-0.2, -0.15) is 0 Å². The predicted octanol–water partition coefficient (Wildman–Crippen LogP) is 0.591. The van der Waals surface area contributed by atoms with Gasteiger partial charge in [0.25, 0.3) is 0 Å². The molecule has 0 aromatic rings. The maximum Gasteiger partial charge on any atom is 0.220 e. The van der Waals surface area contributed by atoms with E-state index >= 15 is 0 Å². The van der Waals surface area contributed by atoms with E-state index in [1.807, 2.05) is 13.8 Å². The Morgan fingerprint density at radius 1 is 1.47 bits per heavy atom. The number of aliphatic hydroxyl groups is 2. The van der Waals surface area contributed by atoms with Gasteiger partial charge in [0.15, 0.2) is 0 Å². The fourth-order valence-electron chi connectivity index (χ4n) is 1.15. The summed E-state index contributed by atoms with van der Waals surface area (Å²) in [7, 11) is 0. The van der Waals surface area contributed by atoms with Gasteiger partial charge < -0.3 is 15.5 Å². The molecule has 4 heteroatoms. The fraction of sp³-hybridized carbons (Fsp3) is 0.727. The van der Waals surface area contributed by atoms with Crippen molar-refractivity contribution in [1.29, 1.82) is 0 Å². The van der Waals surface area contributed by atoms with Crippen LogP contribution < -0.4 is 5.32 Å². The lowest BCUT2D eigenvalue weighted by Gasteiger charge is -2.19. The highest BCUT2D eigenvalue weighted by Crippen LogP contribution is 1.98. The van der Waals surface area contributed by atoms with Gasteiger partial charge in [-0.15, -0.1) is 0 Å². The lowest BCUT2D eigenvalue weighted by atomic mass is 10.1. The van der Waals surface area contributed by atoms with Crippen LogP contribution in [0.1, 0.15) is 33.1 Å².